The van der Waals surface area contributed by atoms with Crippen LogP contribution in [0.2, 0.25) is 0 Å². The molecule has 0 saturated heterocycles. The van der Waals surface area contributed by atoms with E-state index >= 15 is 0 Å². The number of anilines is 1. The Morgan fingerprint density at radius 2 is 2.13 bits per heavy atom. The summed E-state index contributed by atoms with van der Waals surface area (Å²) in [6, 6.07) is 5.24. The van der Waals surface area contributed by atoms with E-state index in [0.717, 1.165) is 18.7 Å². The molecule has 0 N–H and O–H groups in total. The number of benzene rings is 1. The van der Waals surface area contributed by atoms with Crippen molar-refractivity contribution >= 4 is 12.0 Å². The van der Waals surface area contributed by atoms with Gasteiger partial charge in [-0.15, -0.1) is 0 Å². The van der Waals surface area contributed by atoms with Crippen LogP contribution in [0.1, 0.15) is 5.56 Å². The van der Waals surface area contributed by atoms with E-state index in [4.69, 9.17) is 0 Å². The second-order valence-corrected chi connectivity index (χ2v) is 3.76. The second kappa shape index (κ2) is 3.88. The largest absolute Gasteiger partial charge is 0.327 e. The number of nitrogens with zero attached hydrogens (tertiary/aromatic N) is 3. The maximum atomic E-state index is 13.6. The molecule has 0 spiro atoms. The number of aryl methyl sites for hydroxylation is 1. The Bertz CT molecular complexity index is 389. The van der Waals surface area contributed by atoms with Crippen LogP contribution in [-0.2, 0) is 0 Å². The van der Waals surface area contributed by atoms with Gasteiger partial charge in [-0.3, -0.25) is 5.01 Å². The van der Waals surface area contributed by atoms with Crippen molar-refractivity contribution in [2.75, 3.05) is 25.0 Å². The van der Waals surface area contributed by atoms with Crippen LogP contribution in [0.4, 0.5) is 10.1 Å². The monoisotopic (exact) mass is 207 g/mol. The van der Waals surface area contributed by atoms with E-state index in [1.165, 1.54) is 0 Å². The number of hydrogen-bond donors (Lipinski definition) is 0. The Morgan fingerprint density at radius 1 is 1.33 bits per heavy atom. The summed E-state index contributed by atoms with van der Waals surface area (Å²) in [5.74, 6) is -0.189. The number of halogens is 1. The van der Waals surface area contributed by atoms with Gasteiger partial charge in [0.05, 0.1) is 12.2 Å². The van der Waals surface area contributed by atoms with Crippen molar-refractivity contribution in [2.45, 2.75) is 6.92 Å². The zero-order valence-corrected chi connectivity index (χ0v) is 8.94. The zero-order valence-electron chi connectivity index (χ0n) is 8.94. The van der Waals surface area contributed by atoms with Gasteiger partial charge >= 0.3 is 0 Å². The Hall–Kier alpha value is -1.58. The molecule has 0 bridgehead atoms. The van der Waals surface area contributed by atoms with E-state index in [-0.39, 0.29) is 5.82 Å². The maximum Gasteiger partial charge on any atom is 0.147 e. The van der Waals surface area contributed by atoms with Gasteiger partial charge in [0.25, 0.3) is 0 Å². The first kappa shape index (κ1) is 9.96. The summed E-state index contributed by atoms with van der Waals surface area (Å²) in [4.78, 5) is 1.83. The molecule has 0 amide bonds. The van der Waals surface area contributed by atoms with Crippen molar-refractivity contribution in [2.24, 2.45) is 5.10 Å². The smallest absolute Gasteiger partial charge is 0.147 e. The van der Waals surface area contributed by atoms with E-state index in [1.807, 2.05) is 29.9 Å². The lowest BCUT2D eigenvalue weighted by molar-refractivity contribution is 0.353. The van der Waals surface area contributed by atoms with Crippen LogP contribution in [0, 0.1) is 12.7 Å². The molecule has 1 aliphatic heterocycles. The maximum absolute atomic E-state index is 13.6. The van der Waals surface area contributed by atoms with Gasteiger partial charge in [0, 0.05) is 13.6 Å². The highest BCUT2D eigenvalue weighted by molar-refractivity contribution is 5.79. The first-order valence-corrected chi connectivity index (χ1v) is 4.95. The van der Waals surface area contributed by atoms with Gasteiger partial charge in [0.15, 0.2) is 0 Å². The molecule has 1 aromatic rings. The van der Waals surface area contributed by atoms with Gasteiger partial charge in [0.1, 0.15) is 12.2 Å². The molecule has 1 aliphatic rings. The molecule has 0 aromatic heterocycles. The molecule has 1 heterocycles. The molecular formula is C11H14FN3. The van der Waals surface area contributed by atoms with Crippen LogP contribution in [0.3, 0.4) is 0 Å². The minimum absolute atomic E-state index is 0.189. The molecule has 15 heavy (non-hydrogen) atoms. The standard InChI is InChI=1S/C11H14FN3/c1-9-3-4-11(10(12)7-9)15-6-5-14(2)13-8-15/h3-4,7-8H,5-6H2,1-2H3. The Morgan fingerprint density at radius 3 is 2.73 bits per heavy atom. The second-order valence-electron chi connectivity index (χ2n) is 3.76. The Balaban J connectivity index is 2.26. The lowest BCUT2D eigenvalue weighted by Gasteiger charge is -2.27. The molecule has 0 aliphatic carbocycles. The van der Waals surface area contributed by atoms with Crippen LogP contribution in [0.25, 0.3) is 0 Å². The summed E-state index contributed by atoms with van der Waals surface area (Å²) in [5, 5.41) is 5.95. The summed E-state index contributed by atoms with van der Waals surface area (Å²) in [6.45, 7) is 3.45. The van der Waals surface area contributed by atoms with Gasteiger partial charge in [-0.2, -0.15) is 5.10 Å². The van der Waals surface area contributed by atoms with E-state index in [9.17, 15) is 4.39 Å². The summed E-state index contributed by atoms with van der Waals surface area (Å²) < 4.78 is 13.6. The fourth-order valence-electron chi connectivity index (χ4n) is 1.55. The number of rotatable bonds is 1. The average molecular weight is 207 g/mol. The molecule has 1 aromatic carbocycles. The molecule has 3 nitrogen and oxygen atoms in total. The molecule has 0 unspecified atom stereocenters. The van der Waals surface area contributed by atoms with E-state index in [0.29, 0.717) is 5.69 Å². The minimum atomic E-state index is -0.189. The lowest BCUT2D eigenvalue weighted by Crippen LogP contribution is -2.36. The number of hydrazone groups is 1. The molecular weight excluding hydrogens is 193 g/mol. The fourth-order valence-corrected chi connectivity index (χ4v) is 1.55. The summed E-state index contributed by atoms with van der Waals surface area (Å²) in [6.07, 6.45) is 1.66. The normalized spacial score (nSPS) is 15.9. The third-order valence-electron chi connectivity index (χ3n) is 2.47. The van der Waals surface area contributed by atoms with Gasteiger partial charge in [0.2, 0.25) is 0 Å². The van der Waals surface area contributed by atoms with Crippen LogP contribution >= 0.6 is 0 Å². The van der Waals surface area contributed by atoms with Crippen molar-refractivity contribution in [3.63, 3.8) is 0 Å². The quantitative estimate of drug-likeness (QED) is 0.699. The molecule has 0 atom stereocenters. The van der Waals surface area contributed by atoms with Crippen molar-refractivity contribution in [3.8, 4) is 0 Å². The molecule has 2 rings (SSSR count). The first-order chi connectivity index (χ1) is 7.16. The summed E-state index contributed by atoms with van der Waals surface area (Å²) in [5.41, 5.74) is 1.53. The molecule has 4 heteroatoms. The predicted molar refractivity (Wildman–Crippen MR) is 59.6 cm³/mol. The van der Waals surface area contributed by atoms with E-state index in [2.05, 4.69) is 5.10 Å². The predicted octanol–water partition coefficient (Wildman–Crippen LogP) is 1.83. The van der Waals surface area contributed by atoms with Crippen molar-refractivity contribution in [1.29, 1.82) is 0 Å². The highest BCUT2D eigenvalue weighted by Crippen LogP contribution is 2.20. The SMILES string of the molecule is Cc1ccc(N2C=NN(C)CC2)c(F)c1. The summed E-state index contributed by atoms with van der Waals surface area (Å²) >= 11 is 0. The van der Waals surface area contributed by atoms with Crippen LogP contribution in [-0.4, -0.2) is 31.5 Å². The number of hydrogen-bond acceptors (Lipinski definition) is 3. The Kier molecular flexibility index (Phi) is 2.58. The zero-order chi connectivity index (χ0) is 10.8. The molecule has 0 saturated carbocycles. The first-order valence-electron chi connectivity index (χ1n) is 4.95. The molecule has 0 fully saturated rings. The fraction of sp³-hybridized carbons (Fsp3) is 0.364. The lowest BCUT2D eigenvalue weighted by atomic mass is 10.2. The third-order valence-corrected chi connectivity index (χ3v) is 2.47. The van der Waals surface area contributed by atoms with Gasteiger partial charge < -0.3 is 4.90 Å². The molecule has 80 valence electrons. The summed E-state index contributed by atoms with van der Waals surface area (Å²) in [7, 11) is 1.90. The highest BCUT2D eigenvalue weighted by Gasteiger charge is 2.13. The van der Waals surface area contributed by atoms with Crippen molar-refractivity contribution < 1.29 is 4.39 Å². The van der Waals surface area contributed by atoms with E-state index < -0.39 is 0 Å². The van der Waals surface area contributed by atoms with Crippen LogP contribution in [0.5, 0.6) is 0 Å². The minimum Gasteiger partial charge on any atom is -0.327 e. The van der Waals surface area contributed by atoms with Crippen molar-refractivity contribution in [3.05, 3.63) is 29.6 Å². The van der Waals surface area contributed by atoms with Gasteiger partial charge in [-0.05, 0) is 24.6 Å². The number of likely N-dealkylation sites (N-methyl/N-ethyl adjacent to an activating group) is 1. The van der Waals surface area contributed by atoms with Gasteiger partial charge in [-0.25, -0.2) is 4.39 Å². The topological polar surface area (TPSA) is 18.8 Å². The van der Waals surface area contributed by atoms with Gasteiger partial charge in [-0.1, -0.05) is 6.07 Å². The Labute approximate surface area is 88.8 Å². The average Bonchev–Trinajstić information content (AvgIpc) is 2.20. The van der Waals surface area contributed by atoms with Crippen molar-refractivity contribution in [1.82, 2.24) is 5.01 Å². The third kappa shape index (κ3) is 2.09. The highest BCUT2D eigenvalue weighted by atomic mass is 19.1. The molecule has 0 radical (unpaired) electrons. The van der Waals surface area contributed by atoms with Crippen LogP contribution < -0.4 is 4.90 Å². The van der Waals surface area contributed by atoms with Crippen LogP contribution in [0.15, 0.2) is 23.3 Å². The van der Waals surface area contributed by atoms with E-state index in [1.54, 1.807) is 18.5 Å².